The van der Waals surface area contributed by atoms with Crippen molar-refractivity contribution in [3.8, 4) is 0 Å². The molecule has 0 heterocycles. The van der Waals surface area contributed by atoms with E-state index in [1.807, 2.05) is 0 Å². The summed E-state index contributed by atoms with van der Waals surface area (Å²) in [5.41, 5.74) is 0.671. The summed E-state index contributed by atoms with van der Waals surface area (Å²) in [6, 6.07) is 5.86. The number of benzene rings is 1. The number of carbonyl (C=O) groups excluding carboxylic acids is 1. The van der Waals surface area contributed by atoms with Crippen LogP contribution in [0, 0.1) is 10.1 Å². The fraction of sp³-hybridized carbons (Fsp3) is 0.250. The predicted molar refractivity (Wildman–Crippen MR) is 71.2 cm³/mol. The molecule has 0 aliphatic heterocycles. The Morgan fingerprint density at radius 1 is 1.39 bits per heavy atom. The first kappa shape index (κ1) is 14.4. The molecule has 6 heteroatoms. The van der Waals surface area contributed by atoms with Gasteiger partial charge in [0.25, 0.3) is 5.69 Å². The number of halogens is 1. The molecule has 0 amide bonds. The number of non-ortho nitro benzene ring substituents is 1. The Morgan fingerprint density at radius 3 is 2.39 bits per heavy atom. The van der Waals surface area contributed by atoms with E-state index in [0.717, 1.165) is 0 Å². The van der Waals surface area contributed by atoms with Crippen LogP contribution in [-0.2, 0) is 9.53 Å². The van der Waals surface area contributed by atoms with Gasteiger partial charge in [0.2, 0.25) is 0 Å². The van der Waals surface area contributed by atoms with Crippen LogP contribution in [0.15, 0.2) is 30.3 Å². The van der Waals surface area contributed by atoms with E-state index in [-0.39, 0.29) is 11.8 Å². The van der Waals surface area contributed by atoms with E-state index in [2.05, 4.69) is 15.9 Å². The fourth-order valence-electron chi connectivity index (χ4n) is 1.20. The van der Waals surface area contributed by atoms with Gasteiger partial charge in [-0.25, -0.2) is 4.79 Å². The number of hydrogen-bond donors (Lipinski definition) is 0. The molecule has 0 saturated heterocycles. The average molecular weight is 314 g/mol. The van der Waals surface area contributed by atoms with Gasteiger partial charge < -0.3 is 4.74 Å². The predicted octanol–water partition coefficient (Wildman–Crippen LogP) is 3.28. The van der Waals surface area contributed by atoms with Gasteiger partial charge in [-0.2, -0.15) is 0 Å². The van der Waals surface area contributed by atoms with Gasteiger partial charge in [0.1, 0.15) is 0 Å². The summed E-state index contributed by atoms with van der Waals surface area (Å²) in [4.78, 5) is 21.4. The minimum absolute atomic E-state index is 0.00352. The maximum Gasteiger partial charge on any atom is 0.332 e. The second-order valence-corrected chi connectivity index (χ2v) is 4.64. The number of nitrogens with zero attached hydrogens (tertiary/aromatic N) is 1. The van der Waals surface area contributed by atoms with Crippen LogP contribution in [0.2, 0.25) is 0 Å². The average Bonchev–Trinajstić information content (AvgIpc) is 2.27. The largest absolute Gasteiger partial charge is 0.460 e. The number of rotatable bonds is 4. The van der Waals surface area contributed by atoms with E-state index in [1.165, 1.54) is 18.2 Å². The first-order valence-electron chi connectivity index (χ1n) is 5.23. The standard InChI is InChI=1S/C12H12BrNO4/c1-8(2)18-12(15)7-11(13)9-3-5-10(6-4-9)14(16)17/h3-8H,1-2H3/b11-7-. The number of nitro benzene ring substituents is 1. The molecule has 1 rings (SSSR count). The van der Waals surface area contributed by atoms with Gasteiger partial charge in [0.15, 0.2) is 0 Å². The smallest absolute Gasteiger partial charge is 0.332 e. The third-order valence-electron chi connectivity index (χ3n) is 1.95. The monoisotopic (exact) mass is 313 g/mol. The molecule has 0 radical (unpaired) electrons. The summed E-state index contributed by atoms with van der Waals surface area (Å²) >= 11 is 3.23. The molecule has 0 aliphatic carbocycles. The Morgan fingerprint density at radius 2 is 1.94 bits per heavy atom. The van der Waals surface area contributed by atoms with E-state index in [4.69, 9.17) is 4.74 Å². The van der Waals surface area contributed by atoms with E-state index in [1.54, 1.807) is 26.0 Å². The van der Waals surface area contributed by atoms with Crippen LogP contribution in [0.5, 0.6) is 0 Å². The van der Waals surface area contributed by atoms with Crippen molar-refractivity contribution in [2.24, 2.45) is 0 Å². The van der Waals surface area contributed by atoms with Crippen molar-refractivity contribution in [1.82, 2.24) is 0 Å². The van der Waals surface area contributed by atoms with Crippen LogP contribution in [0.25, 0.3) is 4.48 Å². The number of hydrogen-bond acceptors (Lipinski definition) is 4. The van der Waals surface area contributed by atoms with Crippen molar-refractivity contribution in [3.05, 3.63) is 46.0 Å². The van der Waals surface area contributed by atoms with Crippen LogP contribution in [0.1, 0.15) is 19.4 Å². The highest BCUT2D eigenvalue weighted by molar-refractivity contribution is 9.15. The molecule has 0 aromatic heterocycles. The second-order valence-electron chi connectivity index (χ2n) is 3.78. The van der Waals surface area contributed by atoms with E-state index in [0.29, 0.717) is 10.0 Å². The number of carbonyl (C=O) groups is 1. The normalized spacial score (nSPS) is 11.4. The van der Waals surface area contributed by atoms with E-state index < -0.39 is 10.9 Å². The Bertz CT molecular complexity index is 479. The van der Waals surface area contributed by atoms with Gasteiger partial charge in [-0.15, -0.1) is 0 Å². The topological polar surface area (TPSA) is 69.4 Å². The molecule has 0 aliphatic rings. The lowest BCUT2D eigenvalue weighted by Gasteiger charge is -2.05. The first-order chi connectivity index (χ1) is 8.40. The Labute approximate surface area is 113 Å². The lowest BCUT2D eigenvalue weighted by atomic mass is 10.2. The summed E-state index contributed by atoms with van der Waals surface area (Å²) in [5.74, 6) is -0.463. The van der Waals surface area contributed by atoms with Gasteiger partial charge >= 0.3 is 5.97 Å². The van der Waals surface area contributed by atoms with E-state index in [9.17, 15) is 14.9 Å². The molecule has 0 fully saturated rings. The summed E-state index contributed by atoms with van der Waals surface area (Å²) in [6.07, 6.45) is 1.10. The van der Waals surface area contributed by atoms with Crippen molar-refractivity contribution in [2.75, 3.05) is 0 Å². The highest BCUT2D eigenvalue weighted by Gasteiger charge is 2.08. The maximum atomic E-state index is 11.4. The highest BCUT2D eigenvalue weighted by Crippen LogP contribution is 2.23. The zero-order valence-corrected chi connectivity index (χ0v) is 11.5. The summed E-state index contributed by atoms with van der Waals surface area (Å²) in [7, 11) is 0. The van der Waals surface area contributed by atoms with Gasteiger partial charge in [0.05, 0.1) is 11.0 Å². The number of esters is 1. The molecule has 96 valence electrons. The van der Waals surface area contributed by atoms with Crippen LogP contribution < -0.4 is 0 Å². The van der Waals surface area contributed by atoms with Crippen molar-refractivity contribution in [3.63, 3.8) is 0 Å². The SMILES string of the molecule is CC(C)OC(=O)/C=C(\Br)c1ccc([N+](=O)[O-])cc1. The minimum atomic E-state index is -0.478. The van der Waals surface area contributed by atoms with Crippen LogP contribution in [0.3, 0.4) is 0 Å². The molecule has 0 saturated carbocycles. The molecular weight excluding hydrogens is 302 g/mol. The zero-order chi connectivity index (χ0) is 13.7. The zero-order valence-electron chi connectivity index (χ0n) is 9.92. The van der Waals surface area contributed by atoms with Crippen LogP contribution in [-0.4, -0.2) is 17.0 Å². The van der Waals surface area contributed by atoms with Crippen molar-refractivity contribution in [1.29, 1.82) is 0 Å². The van der Waals surface area contributed by atoms with Gasteiger partial charge in [-0.1, -0.05) is 0 Å². The van der Waals surface area contributed by atoms with Gasteiger partial charge in [0, 0.05) is 22.7 Å². The molecule has 1 aromatic carbocycles. The van der Waals surface area contributed by atoms with E-state index >= 15 is 0 Å². The molecule has 0 N–H and O–H groups in total. The minimum Gasteiger partial charge on any atom is -0.460 e. The molecular formula is C12H12BrNO4. The molecule has 1 aromatic rings. The molecule has 0 spiro atoms. The molecule has 5 nitrogen and oxygen atoms in total. The van der Waals surface area contributed by atoms with Crippen molar-refractivity contribution >= 4 is 32.1 Å². The Hall–Kier alpha value is -1.69. The lowest BCUT2D eigenvalue weighted by Crippen LogP contribution is -2.08. The van der Waals surface area contributed by atoms with Gasteiger partial charge in [-0.3, -0.25) is 10.1 Å². The molecule has 0 bridgehead atoms. The Kier molecular flexibility index (Phi) is 5.03. The van der Waals surface area contributed by atoms with Gasteiger partial charge in [-0.05, 0) is 47.5 Å². The second kappa shape index (κ2) is 6.30. The quantitative estimate of drug-likeness (QED) is 0.370. The molecule has 0 unspecified atom stereocenters. The number of nitro groups is 1. The third kappa shape index (κ3) is 4.29. The summed E-state index contributed by atoms with van der Waals surface area (Å²) in [6.45, 7) is 3.51. The molecule has 0 atom stereocenters. The van der Waals surface area contributed by atoms with Crippen molar-refractivity contribution in [2.45, 2.75) is 20.0 Å². The maximum absolute atomic E-state index is 11.4. The van der Waals surface area contributed by atoms with Crippen LogP contribution in [0.4, 0.5) is 5.69 Å². The summed E-state index contributed by atoms with van der Waals surface area (Å²) < 4.78 is 5.47. The first-order valence-corrected chi connectivity index (χ1v) is 6.02. The highest BCUT2D eigenvalue weighted by atomic mass is 79.9. The molecule has 18 heavy (non-hydrogen) atoms. The Balaban J connectivity index is 2.83. The van der Waals surface area contributed by atoms with Crippen LogP contribution >= 0.6 is 15.9 Å². The number of ether oxygens (including phenoxy) is 1. The van der Waals surface area contributed by atoms with Crippen molar-refractivity contribution < 1.29 is 14.5 Å². The lowest BCUT2D eigenvalue weighted by molar-refractivity contribution is -0.384. The summed E-state index contributed by atoms with van der Waals surface area (Å²) in [5, 5.41) is 10.5. The third-order valence-corrected chi connectivity index (χ3v) is 2.64. The fourth-order valence-corrected chi connectivity index (χ4v) is 1.65.